The average Bonchev–Trinajstić information content (AvgIpc) is 3.12. The number of carbonyl (C=O) groups is 2. The standard InChI is InChI=1S/C21H26N4O3/c1-16-14-19(28-23-16)15-24-10-12-25(13-11-24)21(27)17(2)22-20(26)9-8-18-6-4-3-5-7-18/h3-9,14,17H,10-13,15H2,1-2H3,(H,22,26)/b9-8+. The highest BCUT2D eigenvalue weighted by Gasteiger charge is 2.26. The van der Waals surface area contributed by atoms with Gasteiger partial charge in [-0.2, -0.15) is 0 Å². The highest BCUT2D eigenvalue weighted by Crippen LogP contribution is 2.10. The molecule has 0 saturated carbocycles. The maximum Gasteiger partial charge on any atom is 0.244 e. The molecule has 1 aromatic heterocycles. The topological polar surface area (TPSA) is 78.7 Å². The van der Waals surface area contributed by atoms with Crippen LogP contribution in [0.25, 0.3) is 6.08 Å². The largest absolute Gasteiger partial charge is 0.360 e. The Morgan fingerprint density at radius 1 is 1.21 bits per heavy atom. The lowest BCUT2D eigenvalue weighted by atomic mass is 10.2. The van der Waals surface area contributed by atoms with E-state index in [1.165, 1.54) is 6.08 Å². The zero-order valence-corrected chi connectivity index (χ0v) is 16.3. The van der Waals surface area contributed by atoms with Crippen LogP contribution in [0.2, 0.25) is 0 Å². The minimum atomic E-state index is -0.559. The van der Waals surface area contributed by atoms with E-state index in [-0.39, 0.29) is 11.8 Å². The zero-order valence-electron chi connectivity index (χ0n) is 16.3. The van der Waals surface area contributed by atoms with Gasteiger partial charge in [0.2, 0.25) is 11.8 Å². The highest BCUT2D eigenvalue weighted by atomic mass is 16.5. The van der Waals surface area contributed by atoms with Crippen LogP contribution in [0.4, 0.5) is 0 Å². The van der Waals surface area contributed by atoms with Crippen LogP contribution in [0.1, 0.15) is 23.9 Å². The first-order valence-electron chi connectivity index (χ1n) is 9.48. The van der Waals surface area contributed by atoms with Crippen molar-refractivity contribution in [1.82, 2.24) is 20.3 Å². The van der Waals surface area contributed by atoms with Gasteiger partial charge in [0.05, 0.1) is 12.2 Å². The second-order valence-corrected chi connectivity index (χ2v) is 7.01. The fourth-order valence-electron chi connectivity index (χ4n) is 3.17. The van der Waals surface area contributed by atoms with Crippen molar-refractivity contribution in [2.75, 3.05) is 26.2 Å². The van der Waals surface area contributed by atoms with Crippen LogP contribution < -0.4 is 5.32 Å². The first kappa shape index (κ1) is 19.8. The molecular weight excluding hydrogens is 356 g/mol. The van der Waals surface area contributed by atoms with Crippen LogP contribution >= 0.6 is 0 Å². The van der Waals surface area contributed by atoms with E-state index in [0.29, 0.717) is 19.6 Å². The lowest BCUT2D eigenvalue weighted by molar-refractivity contribution is -0.136. The Bertz CT molecular complexity index is 823. The molecule has 0 radical (unpaired) electrons. The number of nitrogens with zero attached hydrogens (tertiary/aromatic N) is 3. The molecule has 0 bridgehead atoms. The quantitative estimate of drug-likeness (QED) is 0.772. The Morgan fingerprint density at radius 2 is 1.93 bits per heavy atom. The summed E-state index contributed by atoms with van der Waals surface area (Å²) in [5.74, 6) is 0.503. The summed E-state index contributed by atoms with van der Waals surface area (Å²) in [5.41, 5.74) is 1.81. The van der Waals surface area contributed by atoms with Crippen molar-refractivity contribution < 1.29 is 14.1 Å². The molecule has 1 atom stereocenters. The molecule has 7 heteroatoms. The summed E-state index contributed by atoms with van der Waals surface area (Å²) in [6, 6.07) is 10.9. The number of benzene rings is 1. The van der Waals surface area contributed by atoms with E-state index in [4.69, 9.17) is 4.52 Å². The van der Waals surface area contributed by atoms with Crippen LogP contribution in [0.3, 0.4) is 0 Å². The molecule has 1 saturated heterocycles. The minimum absolute atomic E-state index is 0.0587. The van der Waals surface area contributed by atoms with Crippen LogP contribution in [0, 0.1) is 6.92 Å². The third-order valence-electron chi connectivity index (χ3n) is 4.70. The van der Waals surface area contributed by atoms with Gasteiger partial charge in [-0.25, -0.2) is 0 Å². The van der Waals surface area contributed by atoms with E-state index in [0.717, 1.165) is 30.1 Å². The van der Waals surface area contributed by atoms with Crippen molar-refractivity contribution in [3.63, 3.8) is 0 Å². The number of hydrogen-bond acceptors (Lipinski definition) is 5. The SMILES string of the molecule is Cc1cc(CN2CCN(C(=O)C(C)NC(=O)/C=C/c3ccccc3)CC2)on1. The van der Waals surface area contributed by atoms with E-state index in [1.807, 2.05) is 43.3 Å². The summed E-state index contributed by atoms with van der Waals surface area (Å²) >= 11 is 0. The van der Waals surface area contributed by atoms with Gasteiger partial charge in [0, 0.05) is 38.3 Å². The Morgan fingerprint density at radius 3 is 2.57 bits per heavy atom. The number of piperazine rings is 1. The average molecular weight is 382 g/mol. The molecule has 1 aliphatic heterocycles. The fraction of sp³-hybridized carbons (Fsp3) is 0.381. The van der Waals surface area contributed by atoms with Crippen LogP contribution in [0.15, 0.2) is 47.0 Å². The summed E-state index contributed by atoms with van der Waals surface area (Å²) in [6.07, 6.45) is 3.19. The van der Waals surface area contributed by atoms with E-state index in [9.17, 15) is 9.59 Å². The number of aryl methyl sites for hydroxylation is 1. The summed E-state index contributed by atoms with van der Waals surface area (Å²) < 4.78 is 5.25. The number of hydrogen-bond donors (Lipinski definition) is 1. The van der Waals surface area contributed by atoms with Gasteiger partial charge in [0.15, 0.2) is 5.76 Å². The second kappa shape index (κ2) is 9.32. The molecule has 2 heterocycles. The van der Waals surface area contributed by atoms with E-state index < -0.39 is 6.04 Å². The van der Waals surface area contributed by atoms with Crippen molar-refractivity contribution in [2.24, 2.45) is 0 Å². The van der Waals surface area contributed by atoms with Crippen LogP contribution in [-0.2, 0) is 16.1 Å². The molecule has 28 heavy (non-hydrogen) atoms. The summed E-state index contributed by atoms with van der Waals surface area (Å²) in [6.45, 7) is 7.10. The Kier molecular flexibility index (Phi) is 6.60. The first-order valence-corrected chi connectivity index (χ1v) is 9.48. The van der Waals surface area contributed by atoms with Gasteiger partial charge in [0.1, 0.15) is 6.04 Å². The lowest BCUT2D eigenvalue weighted by Crippen LogP contribution is -2.53. The molecule has 1 unspecified atom stereocenters. The number of rotatable bonds is 6. The summed E-state index contributed by atoms with van der Waals surface area (Å²) in [7, 11) is 0. The van der Waals surface area contributed by atoms with Crippen molar-refractivity contribution in [3.8, 4) is 0 Å². The van der Waals surface area contributed by atoms with E-state index in [2.05, 4.69) is 15.4 Å². The number of amides is 2. The van der Waals surface area contributed by atoms with Crippen molar-refractivity contribution in [3.05, 3.63) is 59.5 Å². The predicted molar refractivity (Wildman–Crippen MR) is 106 cm³/mol. The molecule has 148 valence electrons. The fourth-order valence-corrected chi connectivity index (χ4v) is 3.17. The van der Waals surface area contributed by atoms with E-state index in [1.54, 1.807) is 17.9 Å². The molecular formula is C21H26N4O3. The Hall–Kier alpha value is -2.93. The number of carbonyl (C=O) groups excluding carboxylic acids is 2. The molecule has 0 spiro atoms. The number of nitrogens with one attached hydrogen (secondary N) is 1. The molecule has 3 rings (SSSR count). The maximum atomic E-state index is 12.6. The molecule has 2 aromatic rings. The molecule has 1 aliphatic rings. The first-order chi connectivity index (χ1) is 13.5. The second-order valence-electron chi connectivity index (χ2n) is 7.01. The third kappa shape index (κ3) is 5.53. The zero-order chi connectivity index (χ0) is 19.9. The predicted octanol–water partition coefficient (Wildman–Crippen LogP) is 1.85. The van der Waals surface area contributed by atoms with Gasteiger partial charge < -0.3 is 14.7 Å². The van der Waals surface area contributed by atoms with Gasteiger partial charge in [-0.1, -0.05) is 35.5 Å². The Balaban J connectivity index is 1.43. The monoisotopic (exact) mass is 382 g/mol. The van der Waals surface area contributed by atoms with Gasteiger partial charge in [-0.05, 0) is 25.5 Å². The molecule has 1 N–H and O–H groups in total. The highest BCUT2D eigenvalue weighted by molar-refractivity contribution is 5.95. The molecule has 0 aliphatic carbocycles. The van der Waals surface area contributed by atoms with Gasteiger partial charge >= 0.3 is 0 Å². The van der Waals surface area contributed by atoms with Gasteiger partial charge in [-0.3, -0.25) is 14.5 Å². The van der Waals surface area contributed by atoms with Gasteiger partial charge in [0.25, 0.3) is 0 Å². The van der Waals surface area contributed by atoms with Crippen molar-refractivity contribution in [1.29, 1.82) is 0 Å². The molecule has 2 amide bonds. The molecule has 1 fully saturated rings. The number of aromatic nitrogens is 1. The van der Waals surface area contributed by atoms with Crippen LogP contribution in [-0.4, -0.2) is 59.0 Å². The molecule has 1 aromatic carbocycles. The minimum Gasteiger partial charge on any atom is -0.360 e. The third-order valence-corrected chi connectivity index (χ3v) is 4.70. The summed E-state index contributed by atoms with van der Waals surface area (Å²) in [4.78, 5) is 28.7. The maximum absolute atomic E-state index is 12.6. The van der Waals surface area contributed by atoms with Gasteiger partial charge in [-0.15, -0.1) is 0 Å². The summed E-state index contributed by atoms with van der Waals surface area (Å²) in [5, 5.41) is 6.65. The van der Waals surface area contributed by atoms with E-state index >= 15 is 0 Å². The van der Waals surface area contributed by atoms with Crippen LogP contribution in [0.5, 0.6) is 0 Å². The Labute approximate surface area is 165 Å². The normalized spacial score (nSPS) is 16.3. The smallest absolute Gasteiger partial charge is 0.244 e. The van der Waals surface area contributed by atoms with Crippen molar-refractivity contribution in [2.45, 2.75) is 26.4 Å². The molecule has 7 nitrogen and oxygen atoms in total. The van der Waals surface area contributed by atoms with Crippen molar-refractivity contribution >= 4 is 17.9 Å². The lowest BCUT2D eigenvalue weighted by Gasteiger charge is -2.35.